The number of furan rings is 1. The highest BCUT2D eigenvalue weighted by Crippen LogP contribution is 2.21. The zero-order chi connectivity index (χ0) is 14.7. The van der Waals surface area contributed by atoms with E-state index in [1.165, 1.54) is 0 Å². The van der Waals surface area contributed by atoms with Crippen LogP contribution in [0.4, 0.5) is 5.69 Å². The molecule has 0 spiro atoms. The molecule has 3 rings (SSSR count). The third kappa shape index (κ3) is 3.05. The SMILES string of the molecule is Nc1ccc2oc(C(=O)NCCCn3cccn3)cc2c1. The highest BCUT2D eigenvalue weighted by atomic mass is 16.3. The fourth-order valence-electron chi connectivity index (χ4n) is 2.14. The van der Waals surface area contributed by atoms with Crippen molar-refractivity contribution >= 4 is 22.6 Å². The van der Waals surface area contributed by atoms with Gasteiger partial charge >= 0.3 is 0 Å². The Morgan fingerprint density at radius 1 is 1.38 bits per heavy atom. The second kappa shape index (κ2) is 5.70. The number of nitrogens with zero attached hydrogens (tertiary/aromatic N) is 2. The van der Waals surface area contributed by atoms with Crippen LogP contribution in [0.25, 0.3) is 11.0 Å². The Labute approximate surface area is 121 Å². The number of aromatic nitrogens is 2. The number of nitrogens with one attached hydrogen (secondary N) is 1. The molecule has 3 aromatic rings. The number of rotatable bonds is 5. The Hall–Kier alpha value is -2.76. The van der Waals surface area contributed by atoms with Crippen molar-refractivity contribution in [3.8, 4) is 0 Å². The minimum absolute atomic E-state index is 0.217. The number of carbonyl (C=O) groups excluding carboxylic acids is 1. The predicted octanol–water partition coefficient (Wildman–Crippen LogP) is 2.03. The molecule has 21 heavy (non-hydrogen) atoms. The van der Waals surface area contributed by atoms with Gasteiger partial charge in [-0.1, -0.05) is 0 Å². The van der Waals surface area contributed by atoms with Gasteiger partial charge in [0.2, 0.25) is 0 Å². The standard InChI is InChI=1S/C15H16N4O2/c16-12-3-4-13-11(9-12)10-14(21-13)15(20)17-5-1-7-19-8-2-6-18-19/h2-4,6,8-10H,1,5,7,16H2,(H,17,20). The Kier molecular flexibility index (Phi) is 3.59. The number of carbonyl (C=O) groups is 1. The molecule has 1 amide bonds. The summed E-state index contributed by atoms with van der Waals surface area (Å²) in [7, 11) is 0. The summed E-state index contributed by atoms with van der Waals surface area (Å²) in [4.78, 5) is 12.0. The third-order valence-corrected chi connectivity index (χ3v) is 3.17. The quantitative estimate of drug-likeness (QED) is 0.554. The average Bonchev–Trinajstić information content (AvgIpc) is 3.11. The van der Waals surface area contributed by atoms with Gasteiger partial charge in [-0.25, -0.2) is 0 Å². The summed E-state index contributed by atoms with van der Waals surface area (Å²) in [6, 6.07) is 8.87. The maximum Gasteiger partial charge on any atom is 0.287 e. The average molecular weight is 284 g/mol. The Balaban J connectivity index is 1.56. The Morgan fingerprint density at radius 2 is 2.29 bits per heavy atom. The van der Waals surface area contributed by atoms with Gasteiger partial charge in [0.15, 0.2) is 5.76 Å². The van der Waals surface area contributed by atoms with Crippen molar-refractivity contribution in [3.05, 3.63) is 48.5 Å². The van der Waals surface area contributed by atoms with Gasteiger partial charge in [-0.3, -0.25) is 9.48 Å². The lowest BCUT2D eigenvalue weighted by Gasteiger charge is -2.03. The first-order valence-electron chi connectivity index (χ1n) is 6.77. The molecule has 0 saturated carbocycles. The van der Waals surface area contributed by atoms with Gasteiger partial charge in [-0.2, -0.15) is 5.10 Å². The highest BCUT2D eigenvalue weighted by molar-refractivity contribution is 5.96. The highest BCUT2D eigenvalue weighted by Gasteiger charge is 2.11. The fraction of sp³-hybridized carbons (Fsp3) is 0.200. The van der Waals surface area contributed by atoms with Crippen LogP contribution >= 0.6 is 0 Å². The lowest BCUT2D eigenvalue weighted by atomic mass is 10.2. The molecule has 0 aliphatic rings. The second-order valence-electron chi connectivity index (χ2n) is 4.79. The van der Waals surface area contributed by atoms with Gasteiger partial charge in [0.05, 0.1) is 0 Å². The number of fused-ring (bicyclic) bond motifs is 1. The molecule has 0 atom stereocenters. The zero-order valence-corrected chi connectivity index (χ0v) is 11.5. The predicted molar refractivity (Wildman–Crippen MR) is 79.8 cm³/mol. The van der Waals surface area contributed by atoms with E-state index < -0.39 is 0 Å². The van der Waals surface area contributed by atoms with Gasteiger partial charge in [0, 0.05) is 36.6 Å². The van der Waals surface area contributed by atoms with Gasteiger partial charge in [0.25, 0.3) is 5.91 Å². The van der Waals surface area contributed by atoms with Crippen LogP contribution in [0.15, 0.2) is 47.1 Å². The number of hydrogen-bond acceptors (Lipinski definition) is 4. The van der Waals surface area contributed by atoms with Crippen molar-refractivity contribution in [2.75, 3.05) is 12.3 Å². The van der Waals surface area contributed by atoms with E-state index in [0.717, 1.165) is 18.4 Å². The lowest BCUT2D eigenvalue weighted by Crippen LogP contribution is -2.24. The largest absolute Gasteiger partial charge is 0.451 e. The minimum Gasteiger partial charge on any atom is -0.451 e. The maximum absolute atomic E-state index is 12.0. The first-order chi connectivity index (χ1) is 10.2. The number of nitrogens with two attached hydrogens (primary N) is 1. The smallest absolute Gasteiger partial charge is 0.287 e. The van der Waals surface area contributed by atoms with Gasteiger partial charge in [0.1, 0.15) is 5.58 Å². The number of amides is 1. The topological polar surface area (TPSA) is 86.1 Å². The molecule has 108 valence electrons. The third-order valence-electron chi connectivity index (χ3n) is 3.17. The van der Waals surface area contributed by atoms with Crippen LogP contribution in [0.5, 0.6) is 0 Å². The Bertz CT molecular complexity index is 746. The van der Waals surface area contributed by atoms with Crippen LogP contribution in [0.3, 0.4) is 0 Å². The molecule has 0 bridgehead atoms. The van der Waals surface area contributed by atoms with Crippen molar-refractivity contribution in [2.24, 2.45) is 0 Å². The van der Waals surface area contributed by atoms with E-state index in [2.05, 4.69) is 10.4 Å². The van der Waals surface area contributed by atoms with Crippen molar-refractivity contribution < 1.29 is 9.21 Å². The van der Waals surface area contributed by atoms with Crippen molar-refractivity contribution in [1.29, 1.82) is 0 Å². The van der Waals surface area contributed by atoms with E-state index in [-0.39, 0.29) is 5.91 Å². The molecule has 2 aromatic heterocycles. The lowest BCUT2D eigenvalue weighted by molar-refractivity contribution is 0.0927. The van der Waals surface area contributed by atoms with Crippen LogP contribution in [-0.2, 0) is 6.54 Å². The summed E-state index contributed by atoms with van der Waals surface area (Å²) in [5.74, 6) is 0.0833. The van der Waals surface area contributed by atoms with Crippen LogP contribution in [-0.4, -0.2) is 22.2 Å². The van der Waals surface area contributed by atoms with E-state index in [9.17, 15) is 4.79 Å². The molecule has 0 saturated heterocycles. The van der Waals surface area contributed by atoms with Gasteiger partial charge in [-0.05, 0) is 36.8 Å². The summed E-state index contributed by atoms with van der Waals surface area (Å²) in [6.07, 6.45) is 4.44. The van der Waals surface area contributed by atoms with E-state index in [1.807, 2.05) is 16.9 Å². The van der Waals surface area contributed by atoms with Crippen molar-refractivity contribution in [3.63, 3.8) is 0 Å². The monoisotopic (exact) mass is 284 g/mol. The molecule has 0 aliphatic heterocycles. The zero-order valence-electron chi connectivity index (χ0n) is 11.5. The molecular weight excluding hydrogens is 268 g/mol. The molecule has 0 fully saturated rings. The van der Waals surface area contributed by atoms with Crippen molar-refractivity contribution in [2.45, 2.75) is 13.0 Å². The number of anilines is 1. The van der Waals surface area contributed by atoms with Crippen LogP contribution in [0, 0.1) is 0 Å². The Morgan fingerprint density at radius 3 is 3.10 bits per heavy atom. The maximum atomic E-state index is 12.0. The van der Waals surface area contributed by atoms with E-state index >= 15 is 0 Å². The van der Waals surface area contributed by atoms with E-state index in [1.54, 1.807) is 30.5 Å². The number of hydrogen-bond donors (Lipinski definition) is 2. The molecule has 0 unspecified atom stereocenters. The molecule has 6 heteroatoms. The molecule has 1 aromatic carbocycles. The van der Waals surface area contributed by atoms with Gasteiger partial charge in [-0.15, -0.1) is 0 Å². The van der Waals surface area contributed by atoms with Crippen LogP contribution < -0.4 is 11.1 Å². The normalized spacial score (nSPS) is 10.9. The summed E-state index contributed by atoms with van der Waals surface area (Å²) >= 11 is 0. The number of benzene rings is 1. The summed E-state index contributed by atoms with van der Waals surface area (Å²) < 4.78 is 7.33. The first kappa shape index (κ1) is 13.2. The fourth-order valence-corrected chi connectivity index (χ4v) is 2.14. The van der Waals surface area contributed by atoms with Gasteiger partial charge < -0.3 is 15.5 Å². The summed E-state index contributed by atoms with van der Waals surface area (Å²) in [6.45, 7) is 1.34. The minimum atomic E-state index is -0.217. The molecule has 3 N–H and O–H groups in total. The number of nitrogen functional groups attached to an aromatic ring is 1. The molecule has 0 radical (unpaired) electrons. The molecule has 2 heterocycles. The summed E-state index contributed by atoms with van der Waals surface area (Å²) in [5, 5.41) is 7.76. The van der Waals surface area contributed by atoms with Crippen LogP contribution in [0.2, 0.25) is 0 Å². The molecular formula is C15H16N4O2. The molecule has 6 nitrogen and oxygen atoms in total. The van der Waals surface area contributed by atoms with Crippen molar-refractivity contribution in [1.82, 2.24) is 15.1 Å². The van der Waals surface area contributed by atoms with Crippen LogP contribution in [0.1, 0.15) is 17.0 Å². The summed E-state index contributed by atoms with van der Waals surface area (Å²) in [5.41, 5.74) is 7.01. The van der Waals surface area contributed by atoms with E-state index in [4.69, 9.17) is 10.2 Å². The molecule has 0 aliphatic carbocycles. The second-order valence-corrected chi connectivity index (χ2v) is 4.79. The van der Waals surface area contributed by atoms with E-state index in [0.29, 0.717) is 23.6 Å². The number of aryl methyl sites for hydroxylation is 1. The first-order valence-corrected chi connectivity index (χ1v) is 6.77.